The maximum atomic E-state index is 4.69. The topological polar surface area (TPSA) is 54.5 Å². The fraction of sp³-hybridized carbons (Fsp3) is 0.0351. The van der Waals surface area contributed by atoms with Crippen LogP contribution in [0.2, 0.25) is 0 Å². The first-order chi connectivity index (χ1) is 30.0. The van der Waals surface area contributed by atoms with Crippen LogP contribution in [-0.2, 0) is 0 Å². The summed E-state index contributed by atoms with van der Waals surface area (Å²) in [5, 5.41) is 7.41. The summed E-state index contributed by atoms with van der Waals surface area (Å²) in [6.07, 6.45) is 7.73. The number of aryl methyl sites for hydroxylation is 2. The second kappa shape index (κ2) is 16.4. The lowest BCUT2D eigenvalue weighted by Crippen LogP contribution is -1.93. The predicted molar refractivity (Wildman–Crippen MR) is 253 cm³/mol. The highest BCUT2D eigenvalue weighted by atomic mass is 15.1. The van der Waals surface area contributed by atoms with Crippen molar-refractivity contribution in [2.24, 2.45) is 0 Å². The Morgan fingerprint density at radius 3 is 1.18 bits per heavy atom. The van der Waals surface area contributed by atoms with E-state index in [1.807, 2.05) is 24.8 Å². The fourth-order valence-corrected chi connectivity index (χ4v) is 8.23. The quantitative estimate of drug-likeness (QED) is 0.159. The molecule has 0 unspecified atom stereocenters. The standard InChI is InChI=1S/C57H42N4/c1-38-16-28-56(58-34-38)43-22-18-41(19-23-43)50-12-6-8-14-52(50)46-30-47(53-15-9-7-13-51(53)42-20-24-44(25-21-42)57-29-17-39(2)35-59-57)32-48(31-46)55-33-45(40-10-4-3-5-11-40)26-27-54(55)49-36-60-61-37-49/h3-37H,1-2H3,(H,60,61). The van der Waals surface area contributed by atoms with Gasteiger partial charge in [0.15, 0.2) is 0 Å². The molecule has 0 aliphatic carbocycles. The molecule has 0 spiro atoms. The van der Waals surface area contributed by atoms with Gasteiger partial charge >= 0.3 is 0 Å². The SMILES string of the molecule is Cc1ccc(-c2ccc(-c3ccccc3-c3cc(-c4ccccc4-c4ccc(-c5ccc(C)cn5)cc4)cc(-c4cc(-c5ccccc5)ccc4-c4cn[nH]c4)c3)cc2)nc1. The minimum absolute atomic E-state index is 0.967. The third-order valence-corrected chi connectivity index (χ3v) is 11.5. The number of benzene rings is 7. The average molecular weight is 783 g/mol. The second-order valence-electron chi connectivity index (χ2n) is 15.6. The lowest BCUT2D eigenvalue weighted by atomic mass is 9.85. The first-order valence-electron chi connectivity index (χ1n) is 20.6. The minimum Gasteiger partial charge on any atom is -0.285 e. The van der Waals surface area contributed by atoms with Crippen LogP contribution in [0.5, 0.6) is 0 Å². The van der Waals surface area contributed by atoms with Crippen molar-refractivity contribution in [2.45, 2.75) is 13.8 Å². The number of H-pyrrole nitrogens is 1. The van der Waals surface area contributed by atoms with Crippen molar-refractivity contribution in [3.05, 3.63) is 224 Å². The van der Waals surface area contributed by atoms with Crippen LogP contribution in [-0.4, -0.2) is 20.2 Å². The maximum Gasteiger partial charge on any atom is 0.0702 e. The highest BCUT2D eigenvalue weighted by Crippen LogP contribution is 2.43. The Hall–Kier alpha value is -7.95. The maximum absolute atomic E-state index is 4.69. The first-order valence-corrected chi connectivity index (χ1v) is 20.6. The lowest BCUT2D eigenvalue weighted by molar-refractivity contribution is 1.09. The highest BCUT2D eigenvalue weighted by Gasteiger charge is 2.18. The largest absolute Gasteiger partial charge is 0.285 e. The van der Waals surface area contributed by atoms with Gasteiger partial charge in [-0.05, 0) is 134 Å². The van der Waals surface area contributed by atoms with Gasteiger partial charge in [-0.15, -0.1) is 0 Å². The number of nitrogens with one attached hydrogen (secondary N) is 1. The third-order valence-electron chi connectivity index (χ3n) is 11.5. The number of aromatic amines is 1. The predicted octanol–water partition coefficient (Wildman–Crippen LogP) is 14.8. The van der Waals surface area contributed by atoms with E-state index in [-0.39, 0.29) is 0 Å². The van der Waals surface area contributed by atoms with Gasteiger partial charge in [-0.1, -0.05) is 152 Å². The molecule has 0 atom stereocenters. The van der Waals surface area contributed by atoms with E-state index >= 15 is 0 Å². The molecule has 7 aromatic carbocycles. The molecule has 0 aliphatic heterocycles. The number of nitrogens with zero attached hydrogens (tertiary/aromatic N) is 3. The first kappa shape index (κ1) is 37.3. The molecule has 61 heavy (non-hydrogen) atoms. The van der Waals surface area contributed by atoms with Crippen molar-refractivity contribution < 1.29 is 0 Å². The zero-order valence-electron chi connectivity index (χ0n) is 34.0. The van der Waals surface area contributed by atoms with E-state index in [0.29, 0.717) is 0 Å². The summed E-state index contributed by atoms with van der Waals surface area (Å²) in [6.45, 7) is 4.13. The van der Waals surface area contributed by atoms with Gasteiger partial charge in [-0.25, -0.2) is 0 Å². The van der Waals surface area contributed by atoms with Gasteiger partial charge in [0.25, 0.3) is 0 Å². The van der Waals surface area contributed by atoms with E-state index < -0.39 is 0 Å². The van der Waals surface area contributed by atoms with Gasteiger partial charge in [-0.3, -0.25) is 15.1 Å². The summed E-state index contributed by atoms with van der Waals surface area (Å²) in [5.74, 6) is 0. The summed E-state index contributed by atoms with van der Waals surface area (Å²) in [7, 11) is 0. The smallest absolute Gasteiger partial charge is 0.0702 e. The second-order valence-corrected chi connectivity index (χ2v) is 15.6. The highest BCUT2D eigenvalue weighted by molar-refractivity contribution is 5.95. The fourth-order valence-electron chi connectivity index (χ4n) is 8.23. The normalized spacial score (nSPS) is 11.1. The Labute approximate surface area is 357 Å². The summed E-state index contributed by atoms with van der Waals surface area (Å²) in [5.41, 5.74) is 22.3. The van der Waals surface area contributed by atoms with Crippen LogP contribution in [0, 0.1) is 13.8 Å². The molecule has 290 valence electrons. The van der Waals surface area contributed by atoms with Crippen LogP contribution in [0.15, 0.2) is 213 Å². The van der Waals surface area contributed by atoms with Crippen LogP contribution >= 0.6 is 0 Å². The molecular formula is C57H42N4. The van der Waals surface area contributed by atoms with Crippen molar-refractivity contribution in [3.63, 3.8) is 0 Å². The molecule has 0 aliphatic rings. The van der Waals surface area contributed by atoms with Gasteiger partial charge in [0.1, 0.15) is 0 Å². The van der Waals surface area contributed by atoms with Gasteiger partial charge < -0.3 is 0 Å². The van der Waals surface area contributed by atoms with E-state index in [0.717, 1.165) is 106 Å². The van der Waals surface area contributed by atoms with Gasteiger partial charge in [0, 0.05) is 35.3 Å². The number of pyridine rings is 2. The Morgan fingerprint density at radius 1 is 0.295 bits per heavy atom. The molecular weight excluding hydrogens is 741 g/mol. The summed E-state index contributed by atoms with van der Waals surface area (Å²) in [6, 6.07) is 67.9. The van der Waals surface area contributed by atoms with Crippen LogP contribution in [0.1, 0.15) is 11.1 Å². The zero-order chi connectivity index (χ0) is 41.1. The molecule has 0 radical (unpaired) electrons. The molecule has 10 aromatic rings. The molecule has 0 fully saturated rings. The third kappa shape index (κ3) is 7.71. The van der Waals surface area contributed by atoms with Gasteiger partial charge in [0.2, 0.25) is 0 Å². The summed E-state index contributed by atoms with van der Waals surface area (Å²) in [4.78, 5) is 9.37. The van der Waals surface area contributed by atoms with E-state index in [4.69, 9.17) is 0 Å². The van der Waals surface area contributed by atoms with E-state index in [9.17, 15) is 0 Å². The minimum atomic E-state index is 0.967. The Balaban J connectivity index is 1.15. The van der Waals surface area contributed by atoms with Crippen LogP contribution in [0.4, 0.5) is 0 Å². The Morgan fingerprint density at radius 2 is 0.721 bits per heavy atom. The summed E-state index contributed by atoms with van der Waals surface area (Å²) < 4.78 is 0. The van der Waals surface area contributed by atoms with Crippen molar-refractivity contribution in [2.75, 3.05) is 0 Å². The lowest BCUT2D eigenvalue weighted by Gasteiger charge is -2.18. The molecule has 0 saturated carbocycles. The Kier molecular flexibility index (Phi) is 10.0. The molecule has 3 aromatic heterocycles. The number of hydrogen-bond donors (Lipinski definition) is 1. The number of hydrogen-bond acceptors (Lipinski definition) is 3. The Bertz CT molecular complexity index is 2940. The van der Waals surface area contributed by atoms with Crippen molar-refractivity contribution in [1.82, 2.24) is 20.2 Å². The van der Waals surface area contributed by atoms with E-state index in [2.05, 4.69) is 222 Å². The monoisotopic (exact) mass is 782 g/mol. The van der Waals surface area contributed by atoms with Gasteiger partial charge in [-0.2, -0.15) is 5.10 Å². The average Bonchev–Trinajstić information content (AvgIpc) is 3.88. The molecule has 1 N–H and O–H groups in total. The molecule has 0 amide bonds. The zero-order valence-corrected chi connectivity index (χ0v) is 34.0. The number of aromatic nitrogens is 4. The van der Waals surface area contributed by atoms with Crippen molar-refractivity contribution >= 4 is 0 Å². The molecule has 4 heteroatoms. The van der Waals surface area contributed by atoms with Crippen LogP contribution in [0.25, 0.3) is 100 Å². The molecule has 4 nitrogen and oxygen atoms in total. The van der Waals surface area contributed by atoms with Crippen molar-refractivity contribution in [1.29, 1.82) is 0 Å². The number of rotatable bonds is 9. The molecule has 10 rings (SSSR count). The van der Waals surface area contributed by atoms with Gasteiger partial charge in [0.05, 0.1) is 17.6 Å². The van der Waals surface area contributed by atoms with E-state index in [1.54, 1.807) is 0 Å². The van der Waals surface area contributed by atoms with E-state index in [1.165, 1.54) is 5.56 Å². The molecule has 3 heterocycles. The van der Waals surface area contributed by atoms with Crippen LogP contribution < -0.4 is 0 Å². The molecule has 0 bridgehead atoms. The van der Waals surface area contributed by atoms with Crippen molar-refractivity contribution in [3.8, 4) is 100 Å². The summed E-state index contributed by atoms with van der Waals surface area (Å²) >= 11 is 0. The van der Waals surface area contributed by atoms with Crippen LogP contribution in [0.3, 0.4) is 0 Å². The molecule has 0 saturated heterocycles.